The summed E-state index contributed by atoms with van der Waals surface area (Å²) in [5.41, 5.74) is -1.30. The number of aliphatic hydroxyl groups is 1. The van der Waals surface area contributed by atoms with Gasteiger partial charge < -0.3 is 15.1 Å². The maximum absolute atomic E-state index is 12.4. The van der Waals surface area contributed by atoms with Crippen LogP contribution in [0.1, 0.15) is 65.7 Å². The van der Waals surface area contributed by atoms with Crippen molar-refractivity contribution in [2.75, 3.05) is 13.1 Å². The lowest BCUT2D eigenvalue weighted by Crippen LogP contribution is -2.51. The third kappa shape index (κ3) is 4.46. The van der Waals surface area contributed by atoms with Gasteiger partial charge in [-0.1, -0.05) is 20.8 Å². The monoisotopic (exact) mass is 325 g/mol. The molecule has 0 aromatic carbocycles. The van der Waals surface area contributed by atoms with Crippen LogP contribution in [0.3, 0.4) is 0 Å². The molecule has 2 fully saturated rings. The molecule has 1 amide bonds. The van der Waals surface area contributed by atoms with Crippen molar-refractivity contribution >= 4 is 11.9 Å². The van der Waals surface area contributed by atoms with Crippen LogP contribution < -0.4 is 0 Å². The van der Waals surface area contributed by atoms with Gasteiger partial charge in [0.1, 0.15) is 0 Å². The number of nitrogens with zero attached hydrogens (tertiary/aromatic N) is 1. The molecule has 2 aliphatic rings. The third-order valence-corrected chi connectivity index (χ3v) is 5.88. The molecule has 132 valence electrons. The summed E-state index contributed by atoms with van der Waals surface area (Å²) in [4.78, 5) is 25.2. The molecule has 1 saturated carbocycles. The van der Waals surface area contributed by atoms with Crippen molar-refractivity contribution in [1.29, 1.82) is 0 Å². The molecule has 0 aromatic rings. The van der Waals surface area contributed by atoms with E-state index < -0.39 is 11.6 Å². The lowest BCUT2D eigenvalue weighted by atomic mass is 9.69. The van der Waals surface area contributed by atoms with Gasteiger partial charge in [0.15, 0.2) is 5.60 Å². The molecule has 1 aliphatic heterocycles. The van der Waals surface area contributed by atoms with Gasteiger partial charge in [0, 0.05) is 32.4 Å². The number of carbonyl (C=O) groups is 2. The maximum Gasteiger partial charge on any atom is 0.335 e. The van der Waals surface area contributed by atoms with Gasteiger partial charge in [-0.25, -0.2) is 4.79 Å². The normalized spacial score (nSPS) is 28.4. The first-order valence-corrected chi connectivity index (χ1v) is 8.85. The number of amides is 1. The minimum Gasteiger partial charge on any atom is -0.479 e. The first-order chi connectivity index (χ1) is 10.6. The van der Waals surface area contributed by atoms with Crippen LogP contribution in [0.15, 0.2) is 0 Å². The standard InChI is InChI=1S/C18H31NO4/c1-17(2,3)14-6-4-13(5-7-14)12-15(20)19-10-8-18(23,9-11-19)16(21)22/h13-14,23H,4-12H2,1-3H3,(H,21,22). The van der Waals surface area contributed by atoms with Crippen LogP contribution in [0, 0.1) is 17.3 Å². The van der Waals surface area contributed by atoms with E-state index in [1.54, 1.807) is 4.90 Å². The summed E-state index contributed by atoms with van der Waals surface area (Å²) in [6.45, 7) is 7.57. The molecular weight excluding hydrogens is 294 g/mol. The molecule has 1 aliphatic carbocycles. The number of hydrogen-bond acceptors (Lipinski definition) is 3. The van der Waals surface area contributed by atoms with Crippen LogP contribution in [-0.4, -0.2) is 45.7 Å². The van der Waals surface area contributed by atoms with Crippen molar-refractivity contribution in [3.63, 3.8) is 0 Å². The lowest BCUT2D eigenvalue weighted by molar-refractivity contribution is -0.165. The highest BCUT2D eigenvalue weighted by Crippen LogP contribution is 2.40. The Morgan fingerprint density at radius 3 is 2.04 bits per heavy atom. The summed E-state index contributed by atoms with van der Waals surface area (Å²) in [5, 5.41) is 19.0. The van der Waals surface area contributed by atoms with Crippen LogP contribution >= 0.6 is 0 Å². The second-order valence-corrected chi connectivity index (χ2v) is 8.51. The molecule has 1 heterocycles. The van der Waals surface area contributed by atoms with E-state index in [0.29, 0.717) is 30.8 Å². The van der Waals surface area contributed by atoms with Crippen LogP contribution in [0.25, 0.3) is 0 Å². The van der Waals surface area contributed by atoms with E-state index >= 15 is 0 Å². The summed E-state index contributed by atoms with van der Waals surface area (Å²) in [7, 11) is 0. The lowest BCUT2D eigenvalue weighted by Gasteiger charge is -2.38. The maximum atomic E-state index is 12.4. The molecule has 5 nitrogen and oxygen atoms in total. The molecule has 0 bridgehead atoms. The molecule has 2 rings (SSSR count). The number of carboxylic acid groups (broad SMARTS) is 1. The third-order valence-electron chi connectivity index (χ3n) is 5.88. The van der Waals surface area contributed by atoms with Crippen LogP contribution in [0.4, 0.5) is 0 Å². The highest BCUT2D eigenvalue weighted by Gasteiger charge is 2.40. The molecule has 2 N–H and O–H groups in total. The van der Waals surface area contributed by atoms with Gasteiger partial charge in [-0.3, -0.25) is 4.79 Å². The molecule has 23 heavy (non-hydrogen) atoms. The number of aliphatic carboxylic acids is 1. The molecular formula is C18H31NO4. The smallest absolute Gasteiger partial charge is 0.335 e. The number of carboxylic acids is 1. The predicted octanol–water partition coefficient (Wildman–Crippen LogP) is 2.67. The van der Waals surface area contributed by atoms with Crippen molar-refractivity contribution < 1.29 is 19.8 Å². The number of likely N-dealkylation sites (tertiary alicyclic amines) is 1. The van der Waals surface area contributed by atoms with Crippen molar-refractivity contribution in [2.24, 2.45) is 17.3 Å². The van der Waals surface area contributed by atoms with Gasteiger partial charge in [-0.05, 0) is 42.9 Å². The minimum absolute atomic E-state index is 0.122. The first-order valence-electron chi connectivity index (χ1n) is 8.85. The van der Waals surface area contributed by atoms with Crippen LogP contribution in [-0.2, 0) is 9.59 Å². The van der Waals surface area contributed by atoms with E-state index in [9.17, 15) is 14.7 Å². The molecule has 5 heteroatoms. The van der Waals surface area contributed by atoms with Gasteiger partial charge in [0.2, 0.25) is 5.91 Å². The Bertz CT molecular complexity index is 438. The van der Waals surface area contributed by atoms with E-state index in [4.69, 9.17) is 5.11 Å². The highest BCUT2D eigenvalue weighted by atomic mass is 16.4. The molecule has 0 unspecified atom stereocenters. The average Bonchev–Trinajstić information content (AvgIpc) is 2.47. The summed E-state index contributed by atoms with van der Waals surface area (Å²) >= 11 is 0. The van der Waals surface area contributed by atoms with E-state index in [-0.39, 0.29) is 18.7 Å². The van der Waals surface area contributed by atoms with Crippen LogP contribution in [0.5, 0.6) is 0 Å². The largest absolute Gasteiger partial charge is 0.479 e. The van der Waals surface area contributed by atoms with Gasteiger partial charge in [-0.2, -0.15) is 0 Å². The highest BCUT2D eigenvalue weighted by molar-refractivity contribution is 5.79. The summed E-state index contributed by atoms with van der Waals surface area (Å²) < 4.78 is 0. The van der Waals surface area contributed by atoms with Crippen molar-refractivity contribution in [3.8, 4) is 0 Å². The summed E-state index contributed by atoms with van der Waals surface area (Å²) in [5.74, 6) is 0.151. The van der Waals surface area contributed by atoms with E-state index in [0.717, 1.165) is 18.8 Å². The second-order valence-electron chi connectivity index (χ2n) is 8.51. The SMILES string of the molecule is CC(C)(C)C1CCC(CC(=O)N2CCC(O)(C(=O)O)CC2)CC1. The van der Waals surface area contributed by atoms with Gasteiger partial charge in [-0.15, -0.1) is 0 Å². The average molecular weight is 325 g/mol. The first kappa shape index (κ1) is 18.2. The molecule has 0 aromatic heterocycles. The Balaban J connectivity index is 1.77. The fourth-order valence-corrected chi connectivity index (χ4v) is 3.95. The quantitative estimate of drug-likeness (QED) is 0.836. The molecule has 0 atom stereocenters. The zero-order valence-corrected chi connectivity index (χ0v) is 14.7. The Hall–Kier alpha value is -1.10. The summed E-state index contributed by atoms with van der Waals surface area (Å²) in [6.07, 6.45) is 5.44. The number of hydrogen-bond donors (Lipinski definition) is 2. The van der Waals surface area contributed by atoms with Crippen molar-refractivity contribution in [1.82, 2.24) is 4.90 Å². The zero-order chi connectivity index (χ0) is 17.3. The Morgan fingerprint density at radius 1 is 1.09 bits per heavy atom. The predicted molar refractivity (Wildman–Crippen MR) is 87.9 cm³/mol. The minimum atomic E-state index is -1.65. The fraction of sp³-hybridized carbons (Fsp3) is 0.889. The Labute approximate surface area is 139 Å². The van der Waals surface area contributed by atoms with Gasteiger partial charge in [0.05, 0.1) is 0 Å². The number of rotatable bonds is 3. The topological polar surface area (TPSA) is 77.8 Å². The van der Waals surface area contributed by atoms with Gasteiger partial charge in [0.25, 0.3) is 0 Å². The Kier molecular flexibility index (Phi) is 5.39. The zero-order valence-electron chi connectivity index (χ0n) is 14.7. The molecule has 0 radical (unpaired) electrons. The second kappa shape index (κ2) is 6.80. The fourth-order valence-electron chi connectivity index (χ4n) is 3.95. The number of carbonyl (C=O) groups excluding carboxylic acids is 1. The van der Waals surface area contributed by atoms with E-state index in [1.807, 2.05) is 0 Å². The van der Waals surface area contributed by atoms with Gasteiger partial charge >= 0.3 is 5.97 Å². The Morgan fingerprint density at radius 2 is 1.61 bits per heavy atom. The molecule has 0 spiro atoms. The number of piperidine rings is 1. The molecule has 1 saturated heterocycles. The van der Waals surface area contributed by atoms with E-state index in [1.165, 1.54) is 12.8 Å². The summed E-state index contributed by atoms with van der Waals surface area (Å²) in [6, 6.07) is 0. The van der Waals surface area contributed by atoms with Crippen LogP contribution in [0.2, 0.25) is 0 Å². The van der Waals surface area contributed by atoms with Crippen molar-refractivity contribution in [2.45, 2.75) is 71.3 Å². The van der Waals surface area contributed by atoms with Crippen molar-refractivity contribution in [3.05, 3.63) is 0 Å². The van der Waals surface area contributed by atoms with E-state index in [2.05, 4.69) is 20.8 Å².